The van der Waals surface area contributed by atoms with Gasteiger partial charge in [0.2, 0.25) is 0 Å². The van der Waals surface area contributed by atoms with E-state index in [1.54, 1.807) is 6.92 Å². The summed E-state index contributed by atoms with van der Waals surface area (Å²) in [7, 11) is 0. The zero-order chi connectivity index (χ0) is 14.0. The van der Waals surface area contributed by atoms with Gasteiger partial charge in [-0.2, -0.15) is 0 Å². The van der Waals surface area contributed by atoms with Gasteiger partial charge < -0.3 is 0 Å². The molecule has 2 aromatic carbocycles. The molecule has 0 fully saturated rings. The molecule has 0 radical (unpaired) electrons. The van der Waals surface area contributed by atoms with Gasteiger partial charge in [-0.1, -0.05) is 17.7 Å². The van der Waals surface area contributed by atoms with Gasteiger partial charge in [0, 0.05) is 17.0 Å². The number of ketones is 1. The molecule has 0 aromatic heterocycles. The maximum absolute atomic E-state index is 13.0. The van der Waals surface area contributed by atoms with Gasteiger partial charge in [0.15, 0.2) is 5.78 Å². The normalized spacial score (nSPS) is 10.5. The Labute approximate surface area is 114 Å². The Kier molecular flexibility index (Phi) is 3.96. The summed E-state index contributed by atoms with van der Waals surface area (Å²) < 4.78 is 25.9. The number of hydrogen-bond acceptors (Lipinski definition) is 1. The van der Waals surface area contributed by atoms with Gasteiger partial charge in [-0.15, -0.1) is 0 Å². The van der Waals surface area contributed by atoms with Crippen LogP contribution in [0.3, 0.4) is 0 Å². The van der Waals surface area contributed by atoms with E-state index < -0.39 is 5.82 Å². The number of carbonyl (C=O) groups excluding carboxylic acids is 1. The van der Waals surface area contributed by atoms with Crippen molar-refractivity contribution in [3.63, 3.8) is 0 Å². The van der Waals surface area contributed by atoms with Gasteiger partial charge in [0.05, 0.1) is 0 Å². The van der Waals surface area contributed by atoms with E-state index in [4.69, 9.17) is 11.6 Å². The average Bonchev–Trinajstić information content (AvgIpc) is 2.32. The van der Waals surface area contributed by atoms with E-state index in [0.717, 1.165) is 0 Å². The Bertz CT molecular complexity index is 638. The first-order valence-corrected chi connectivity index (χ1v) is 6.08. The summed E-state index contributed by atoms with van der Waals surface area (Å²) in [6, 6.07) is 7.90. The van der Waals surface area contributed by atoms with E-state index >= 15 is 0 Å². The molecule has 98 valence electrons. The van der Waals surface area contributed by atoms with E-state index in [2.05, 4.69) is 0 Å². The summed E-state index contributed by atoms with van der Waals surface area (Å²) in [4.78, 5) is 12.1. The molecule has 19 heavy (non-hydrogen) atoms. The lowest BCUT2D eigenvalue weighted by Gasteiger charge is -2.07. The highest BCUT2D eigenvalue weighted by atomic mass is 35.5. The van der Waals surface area contributed by atoms with Crippen LogP contribution >= 0.6 is 11.6 Å². The van der Waals surface area contributed by atoms with Crippen LogP contribution in [0.2, 0.25) is 5.02 Å². The molecule has 4 heteroatoms. The highest BCUT2D eigenvalue weighted by Gasteiger charge is 2.12. The van der Waals surface area contributed by atoms with Crippen molar-refractivity contribution >= 4 is 17.4 Å². The van der Waals surface area contributed by atoms with Gasteiger partial charge in [-0.05, 0) is 48.4 Å². The lowest BCUT2D eigenvalue weighted by atomic mass is 9.99. The first kappa shape index (κ1) is 13.7. The second-order valence-corrected chi connectivity index (χ2v) is 4.70. The van der Waals surface area contributed by atoms with Crippen LogP contribution < -0.4 is 0 Å². The van der Waals surface area contributed by atoms with Crippen LogP contribution in [0.4, 0.5) is 8.78 Å². The molecule has 0 aliphatic rings. The molecule has 0 unspecified atom stereocenters. The molecule has 0 saturated carbocycles. The molecule has 2 aromatic rings. The highest BCUT2D eigenvalue weighted by molar-refractivity contribution is 6.31. The minimum atomic E-state index is -0.445. The Hall–Kier alpha value is -1.74. The van der Waals surface area contributed by atoms with Crippen molar-refractivity contribution in [2.45, 2.75) is 13.3 Å². The maximum Gasteiger partial charge on any atom is 0.167 e. The molecule has 0 heterocycles. The van der Waals surface area contributed by atoms with Crippen molar-refractivity contribution in [3.8, 4) is 0 Å². The monoisotopic (exact) mass is 280 g/mol. The zero-order valence-corrected chi connectivity index (χ0v) is 11.0. The summed E-state index contributed by atoms with van der Waals surface area (Å²) in [5, 5.41) is 0.216. The Balaban J connectivity index is 2.25. The molecule has 0 aliphatic heterocycles. The summed E-state index contributed by atoms with van der Waals surface area (Å²) in [6.45, 7) is 1.67. The van der Waals surface area contributed by atoms with E-state index in [1.807, 2.05) is 0 Å². The van der Waals surface area contributed by atoms with Crippen LogP contribution in [-0.4, -0.2) is 5.78 Å². The number of carbonyl (C=O) groups is 1. The molecule has 2 rings (SSSR count). The van der Waals surface area contributed by atoms with Gasteiger partial charge in [-0.3, -0.25) is 4.79 Å². The SMILES string of the molecule is Cc1cc(F)ccc1C(=O)Cc1ccc(F)cc1Cl. The van der Waals surface area contributed by atoms with Crippen LogP contribution in [0.5, 0.6) is 0 Å². The smallest absolute Gasteiger partial charge is 0.167 e. The summed E-state index contributed by atoms with van der Waals surface area (Å²) in [5.41, 5.74) is 1.57. The Morgan fingerprint density at radius 1 is 1.11 bits per heavy atom. The van der Waals surface area contributed by atoms with Gasteiger partial charge >= 0.3 is 0 Å². The van der Waals surface area contributed by atoms with E-state index in [-0.39, 0.29) is 23.0 Å². The fourth-order valence-corrected chi connectivity index (χ4v) is 2.11. The Morgan fingerprint density at radius 3 is 2.37 bits per heavy atom. The van der Waals surface area contributed by atoms with Crippen LogP contribution in [0.15, 0.2) is 36.4 Å². The standard InChI is InChI=1S/C15H11ClF2O/c1-9-6-11(17)4-5-13(9)15(19)7-10-2-3-12(18)8-14(10)16/h2-6,8H,7H2,1H3. The van der Waals surface area contributed by atoms with Gasteiger partial charge in [0.1, 0.15) is 11.6 Å². The van der Waals surface area contributed by atoms with Crippen molar-refractivity contribution in [1.82, 2.24) is 0 Å². The lowest BCUT2D eigenvalue weighted by molar-refractivity contribution is 0.0992. The number of rotatable bonds is 3. The van der Waals surface area contributed by atoms with Crippen molar-refractivity contribution in [3.05, 3.63) is 69.7 Å². The van der Waals surface area contributed by atoms with Crippen molar-refractivity contribution < 1.29 is 13.6 Å². The molecular weight excluding hydrogens is 270 g/mol. The number of halogens is 3. The maximum atomic E-state index is 13.0. The minimum Gasteiger partial charge on any atom is -0.294 e. The summed E-state index contributed by atoms with van der Waals surface area (Å²) >= 11 is 5.87. The van der Waals surface area contributed by atoms with Crippen molar-refractivity contribution in [1.29, 1.82) is 0 Å². The van der Waals surface area contributed by atoms with Gasteiger partial charge in [-0.25, -0.2) is 8.78 Å². The third-order valence-corrected chi connectivity index (χ3v) is 3.21. The van der Waals surface area contributed by atoms with Crippen LogP contribution in [0.25, 0.3) is 0 Å². The van der Waals surface area contributed by atoms with E-state index in [0.29, 0.717) is 16.7 Å². The molecule has 0 atom stereocenters. The third-order valence-electron chi connectivity index (χ3n) is 2.85. The summed E-state index contributed by atoms with van der Waals surface area (Å²) in [6.07, 6.45) is 0.0611. The van der Waals surface area contributed by atoms with E-state index in [1.165, 1.54) is 36.4 Å². The molecule has 0 bridgehead atoms. The molecular formula is C15H11ClF2O. The highest BCUT2D eigenvalue weighted by Crippen LogP contribution is 2.20. The molecule has 1 nitrogen and oxygen atoms in total. The van der Waals surface area contributed by atoms with Crippen LogP contribution in [0, 0.1) is 18.6 Å². The average molecular weight is 281 g/mol. The number of hydrogen-bond donors (Lipinski definition) is 0. The molecule has 0 saturated heterocycles. The van der Waals surface area contributed by atoms with E-state index in [9.17, 15) is 13.6 Å². The fourth-order valence-electron chi connectivity index (χ4n) is 1.87. The topological polar surface area (TPSA) is 17.1 Å². The van der Waals surface area contributed by atoms with Crippen molar-refractivity contribution in [2.24, 2.45) is 0 Å². The number of benzene rings is 2. The second-order valence-electron chi connectivity index (χ2n) is 4.29. The van der Waals surface area contributed by atoms with Crippen molar-refractivity contribution in [2.75, 3.05) is 0 Å². The largest absolute Gasteiger partial charge is 0.294 e. The molecule has 0 spiro atoms. The third kappa shape index (κ3) is 3.18. The lowest BCUT2D eigenvalue weighted by Crippen LogP contribution is -2.06. The first-order chi connectivity index (χ1) is 8.97. The predicted molar refractivity (Wildman–Crippen MR) is 70.6 cm³/mol. The Morgan fingerprint density at radius 2 is 1.74 bits per heavy atom. The van der Waals surface area contributed by atoms with Crippen LogP contribution in [0.1, 0.15) is 21.5 Å². The fraction of sp³-hybridized carbons (Fsp3) is 0.133. The zero-order valence-electron chi connectivity index (χ0n) is 10.2. The first-order valence-electron chi connectivity index (χ1n) is 5.70. The quantitative estimate of drug-likeness (QED) is 0.764. The number of Topliss-reactive ketones (excluding diaryl/α,β-unsaturated/α-hetero) is 1. The minimum absolute atomic E-state index is 0.0611. The summed E-state index contributed by atoms with van der Waals surface area (Å²) in [5.74, 6) is -1.00. The second kappa shape index (κ2) is 5.49. The predicted octanol–water partition coefficient (Wildman–Crippen LogP) is 4.35. The molecule has 0 N–H and O–H groups in total. The molecule has 0 amide bonds. The number of aryl methyl sites for hydroxylation is 1. The van der Waals surface area contributed by atoms with Gasteiger partial charge in [0.25, 0.3) is 0 Å². The van der Waals surface area contributed by atoms with Crippen LogP contribution in [-0.2, 0) is 6.42 Å². The molecule has 0 aliphatic carbocycles.